The first-order valence-electron chi connectivity index (χ1n) is 7.35. The highest BCUT2D eigenvalue weighted by Gasteiger charge is 2.09. The summed E-state index contributed by atoms with van der Waals surface area (Å²) in [5.74, 6) is -0.320. The number of nitrogens with one attached hydrogen (secondary N) is 2. The Labute approximate surface area is 144 Å². The van der Waals surface area contributed by atoms with Gasteiger partial charge in [-0.1, -0.05) is 29.8 Å². The first kappa shape index (κ1) is 17.2. The predicted octanol–water partition coefficient (Wildman–Crippen LogP) is 4.60. The van der Waals surface area contributed by atoms with Gasteiger partial charge in [0.1, 0.15) is 0 Å². The van der Waals surface area contributed by atoms with E-state index in [9.17, 15) is 9.59 Å². The summed E-state index contributed by atoms with van der Waals surface area (Å²) in [6.45, 7) is 5.63. The van der Waals surface area contributed by atoms with E-state index in [0.717, 1.165) is 15.7 Å². The van der Waals surface area contributed by atoms with Crippen molar-refractivity contribution in [3.63, 3.8) is 0 Å². The molecule has 0 saturated heterocycles. The molecule has 2 rings (SSSR count). The Kier molecular flexibility index (Phi) is 5.55. The first-order valence-corrected chi connectivity index (χ1v) is 8.14. The van der Waals surface area contributed by atoms with Crippen molar-refractivity contribution in [3.05, 3.63) is 58.1 Å². The van der Waals surface area contributed by atoms with E-state index in [4.69, 9.17) is 0 Å². The van der Waals surface area contributed by atoms with Gasteiger partial charge in [-0.3, -0.25) is 9.59 Å². The van der Waals surface area contributed by atoms with Crippen LogP contribution in [0.3, 0.4) is 0 Å². The number of carbonyl (C=O) groups is 2. The van der Waals surface area contributed by atoms with E-state index in [0.29, 0.717) is 11.3 Å². The Hall–Kier alpha value is -2.14. The van der Waals surface area contributed by atoms with E-state index < -0.39 is 0 Å². The van der Waals surface area contributed by atoms with Crippen LogP contribution in [0.1, 0.15) is 29.8 Å². The molecule has 0 aromatic heterocycles. The van der Waals surface area contributed by atoms with E-state index in [1.807, 2.05) is 39.0 Å². The fraction of sp³-hybridized carbons (Fsp3) is 0.222. The summed E-state index contributed by atoms with van der Waals surface area (Å²) in [6.07, 6.45) is 0. The Bertz CT molecular complexity index is 724. The summed E-state index contributed by atoms with van der Waals surface area (Å²) in [4.78, 5) is 23.9. The van der Waals surface area contributed by atoms with Gasteiger partial charge in [0.15, 0.2) is 0 Å². The fourth-order valence-corrected chi connectivity index (χ4v) is 2.16. The van der Waals surface area contributed by atoms with E-state index in [2.05, 4.69) is 26.6 Å². The molecule has 2 amide bonds. The second-order valence-corrected chi connectivity index (χ2v) is 6.49. The summed E-state index contributed by atoms with van der Waals surface area (Å²) in [7, 11) is 0. The quantitative estimate of drug-likeness (QED) is 0.820. The summed E-state index contributed by atoms with van der Waals surface area (Å²) < 4.78 is 1.00. The lowest BCUT2D eigenvalue weighted by atomic mass is 10.1. The third kappa shape index (κ3) is 4.66. The largest absolute Gasteiger partial charge is 0.326 e. The standard InChI is InChI=1S/C18H19BrN2O2/c1-11(2)17(22)20-14-6-4-13(5-7-14)18(23)21-15-8-9-16(19)12(3)10-15/h4-11H,1-3H3,(H,20,22)(H,21,23). The zero-order valence-electron chi connectivity index (χ0n) is 13.3. The Balaban J connectivity index is 2.05. The number of hydrogen-bond donors (Lipinski definition) is 2. The van der Waals surface area contributed by atoms with Crippen molar-refractivity contribution in [1.82, 2.24) is 0 Å². The molecule has 0 bridgehead atoms. The molecule has 0 heterocycles. The smallest absolute Gasteiger partial charge is 0.255 e. The molecule has 0 atom stereocenters. The number of amides is 2. The summed E-state index contributed by atoms with van der Waals surface area (Å²) in [6, 6.07) is 12.5. The van der Waals surface area contributed by atoms with Crippen molar-refractivity contribution >= 4 is 39.1 Å². The molecule has 0 fully saturated rings. The van der Waals surface area contributed by atoms with E-state index in [1.54, 1.807) is 24.3 Å². The Morgan fingerprint density at radius 3 is 2.13 bits per heavy atom. The lowest BCUT2D eigenvalue weighted by Gasteiger charge is -2.09. The van der Waals surface area contributed by atoms with Crippen LogP contribution in [0.15, 0.2) is 46.9 Å². The van der Waals surface area contributed by atoms with Gasteiger partial charge in [-0.05, 0) is 55.0 Å². The fourth-order valence-electron chi connectivity index (χ4n) is 1.92. The third-order valence-electron chi connectivity index (χ3n) is 3.35. The van der Waals surface area contributed by atoms with Crippen LogP contribution in [-0.2, 0) is 4.79 Å². The van der Waals surface area contributed by atoms with Gasteiger partial charge in [0.2, 0.25) is 5.91 Å². The maximum atomic E-state index is 12.2. The summed E-state index contributed by atoms with van der Waals surface area (Å²) in [5, 5.41) is 5.65. The van der Waals surface area contributed by atoms with Crippen molar-refractivity contribution in [2.45, 2.75) is 20.8 Å². The molecule has 0 saturated carbocycles. The average Bonchev–Trinajstić information content (AvgIpc) is 2.51. The molecule has 0 aliphatic carbocycles. The van der Waals surface area contributed by atoms with Gasteiger partial charge in [-0.25, -0.2) is 0 Å². The monoisotopic (exact) mass is 374 g/mol. The van der Waals surface area contributed by atoms with Gasteiger partial charge >= 0.3 is 0 Å². The van der Waals surface area contributed by atoms with Crippen LogP contribution in [0.25, 0.3) is 0 Å². The predicted molar refractivity (Wildman–Crippen MR) is 96.7 cm³/mol. The molecule has 0 radical (unpaired) electrons. The molecule has 0 unspecified atom stereocenters. The number of aryl methyl sites for hydroxylation is 1. The number of hydrogen-bond acceptors (Lipinski definition) is 2. The topological polar surface area (TPSA) is 58.2 Å². The Morgan fingerprint density at radius 1 is 0.957 bits per heavy atom. The highest BCUT2D eigenvalue weighted by Crippen LogP contribution is 2.20. The molecule has 0 aliphatic rings. The van der Waals surface area contributed by atoms with Gasteiger partial charge in [-0.15, -0.1) is 0 Å². The minimum absolute atomic E-state index is 0.0486. The normalized spacial score (nSPS) is 10.5. The Morgan fingerprint density at radius 2 is 1.57 bits per heavy atom. The maximum absolute atomic E-state index is 12.2. The van der Waals surface area contributed by atoms with E-state index >= 15 is 0 Å². The molecular weight excluding hydrogens is 356 g/mol. The zero-order valence-corrected chi connectivity index (χ0v) is 14.9. The molecule has 120 valence electrons. The number of benzene rings is 2. The molecule has 23 heavy (non-hydrogen) atoms. The van der Waals surface area contributed by atoms with Crippen LogP contribution in [0, 0.1) is 12.8 Å². The maximum Gasteiger partial charge on any atom is 0.255 e. The number of carbonyl (C=O) groups excluding carboxylic acids is 2. The first-order chi connectivity index (χ1) is 10.9. The van der Waals surface area contributed by atoms with Crippen LogP contribution >= 0.6 is 15.9 Å². The highest BCUT2D eigenvalue weighted by atomic mass is 79.9. The zero-order chi connectivity index (χ0) is 17.0. The SMILES string of the molecule is Cc1cc(NC(=O)c2ccc(NC(=O)C(C)C)cc2)ccc1Br. The van der Waals surface area contributed by atoms with Crippen LogP contribution < -0.4 is 10.6 Å². The van der Waals surface area contributed by atoms with Crippen LogP contribution in [0.4, 0.5) is 11.4 Å². The second-order valence-electron chi connectivity index (χ2n) is 5.64. The number of rotatable bonds is 4. The van der Waals surface area contributed by atoms with Crippen molar-refractivity contribution in [2.75, 3.05) is 10.6 Å². The van der Waals surface area contributed by atoms with Crippen molar-refractivity contribution < 1.29 is 9.59 Å². The molecule has 5 heteroatoms. The molecule has 4 nitrogen and oxygen atoms in total. The number of anilines is 2. The lowest BCUT2D eigenvalue weighted by Crippen LogP contribution is -2.18. The van der Waals surface area contributed by atoms with Crippen LogP contribution in [0.5, 0.6) is 0 Å². The minimum Gasteiger partial charge on any atom is -0.326 e. The van der Waals surface area contributed by atoms with Crippen molar-refractivity contribution in [2.24, 2.45) is 5.92 Å². The van der Waals surface area contributed by atoms with Gasteiger partial charge < -0.3 is 10.6 Å². The van der Waals surface area contributed by atoms with E-state index in [1.165, 1.54) is 0 Å². The van der Waals surface area contributed by atoms with Gasteiger partial charge in [0, 0.05) is 27.3 Å². The van der Waals surface area contributed by atoms with Crippen molar-refractivity contribution in [3.8, 4) is 0 Å². The van der Waals surface area contributed by atoms with Gasteiger partial charge in [0.25, 0.3) is 5.91 Å². The minimum atomic E-state index is -0.187. The summed E-state index contributed by atoms with van der Waals surface area (Å²) in [5.41, 5.74) is 3.01. The summed E-state index contributed by atoms with van der Waals surface area (Å²) >= 11 is 3.43. The van der Waals surface area contributed by atoms with Crippen LogP contribution in [-0.4, -0.2) is 11.8 Å². The third-order valence-corrected chi connectivity index (χ3v) is 4.24. The number of halogens is 1. The molecular formula is C18H19BrN2O2. The molecule has 0 aliphatic heterocycles. The van der Waals surface area contributed by atoms with Gasteiger partial charge in [0.05, 0.1) is 0 Å². The van der Waals surface area contributed by atoms with Crippen molar-refractivity contribution in [1.29, 1.82) is 0 Å². The lowest BCUT2D eigenvalue weighted by molar-refractivity contribution is -0.118. The average molecular weight is 375 g/mol. The molecule has 2 aromatic rings. The second kappa shape index (κ2) is 7.42. The highest BCUT2D eigenvalue weighted by molar-refractivity contribution is 9.10. The molecule has 2 N–H and O–H groups in total. The molecule has 0 spiro atoms. The van der Waals surface area contributed by atoms with Crippen LogP contribution in [0.2, 0.25) is 0 Å². The van der Waals surface area contributed by atoms with Gasteiger partial charge in [-0.2, -0.15) is 0 Å². The van der Waals surface area contributed by atoms with E-state index in [-0.39, 0.29) is 17.7 Å². The molecule has 2 aromatic carbocycles.